The van der Waals surface area contributed by atoms with Crippen LogP contribution in [0.2, 0.25) is 0 Å². The molecule has 5 nitrogen and oxygen atoms in total. The van der Waals surface area contributed by atoms with Crippen molar-refractivity contribution in [3.8, 4) is 0 Å². The summed E-state index contributed by atoms with van der Waals surface area (Å²) in [6, 6.07) is 0.992. The maximum atomic E-state index is 12.5. The van der Waals surface area contributed by atoms with Crippen LogP contribution in [-0.4, -0.2) is 73.1 Å². The summed E-state index contributed by atoms with van der Waals surface area (Å²) in [5.41, 5.74) is 0. The van der Waals surface area contributed by atoms with Gasteiger partial charge in [0.25, 0.3) is 0 Å². The largest absolute Gasteiger partial charge is 0.350 e. The molecule has 3 fully saturated rings. The average Bonchev–Trinajstić information content (AvgIpc) is 2.91. The van der Waals surface area contributed by atoms with Crippen molar-refractivity contribution in [3.63, 3.8) is 0 Å². The monoisotopic (exact) mass is 280 g/mol. The van der Waals surface area contributed by atoms with Crippen molar-refractivity contribution >= 4 is 5.91 Å². The molecule has 0 bridgehead atoms. The maximum absolute atomic E-state index is 12.5. The van der Waals surface area contributed by atoms with E-state index in [0.717, 1.165) is 39.1 Å². The number of piperidine rings is 1. The third-order valence-corrected chi connectivity index (χ3v) is 5.26. The fraction of sp³-hybridized carbons (Fsp3) is 0.933. The number of rotatable bonds is 3. The molecule has 5 heteroatoms. The first-order valence-electron chi connectivity index (χ1n) is 8.25. The van der Waals surface area contributed by atoms with E-state index in [1.165, 1.54) is 25.8 Å². The Kier molecular flexibility index (Phi) is 4.58. The van der Waals surface area contributed by atoms with Gasteiger partial charge in [0.05, 0.1) is 6.04 Å². The molecule has 2 N–H and O–H groups in total. The first kappa shape index (κ1) is 14.3. The van der Waals surface area contributed by atoms with E-state index in [9.17, 15) is 4.79 Å². The van der Waals surface area contributed by atoms with E-state index in [2.05, 4.69) is 20.4 Å². The number of carbonyl (C=O) groups is 1. The molecule has 0 saturated carbocycles. The molecule has 0 aromatic heterocycles. The number of amides is 1. The first-order valence-corrected chi connectivity index (χ1v) is 8.25. The first-order chi connectivity index (χ1) is 9.75. The topological polar surface area (TPSA) is 47.6 Å². The second kappa shape index (κ2) is 6.41. The van der Waals surface area contributed by atoms with Crippen molar-refractivity contribution < 1.29 is 4.79 Å². The second-order valence-corrected chi connectivity index (χ2v) is 6.46. The van der Waals surface area contributed by atoms with E-state index in [0.29, 0.717) is 12.1 Å². The normalized spacial score (nSPS) is 33.6. The lowest BCUT2D eigenvalue weighted by Gasteiger charge is -2.35. The van der Waals surface area contributed by atoms with Crippen molar-refractivity contribution in [1.82, 2.24) is 20.4 Å². The Bertz CT molecular complexity index is 343. The van der Waals surface area contributed by atoms with E-state index >= 15 is 0 Å². The molecule has 3 aliphatic rings. The minimum atomic E-state index is 0.00902. The smallest absolute Gasteiger partial charge is 0.237 e. The molecular formula is C15H28N4O. The molecule has 3 rings (SSSR count). The van der Waals surface area contributed by atoms with Gasteiger partial charge in [0.1, 0.15) is 0 Å². The molecule has 20 heavy (non-hydrogen) atoms. The highest BCUT2D eigenvalue weighted by molar-refractivity contribution is 5.81. The van der Waals surface area contributed by atoms with E-state index in [-0.39, 0.29) is 11.9 Å². The molecule has 3 unspecified atom stereocenters. The molecule has 1 amide bonds. The molecule has 0 aromatic rings. The molecule has 0 radical (unpaired) electrons. The lowest BCUT2D eigenvalue weighted by molar-refractivity contribution is -0.127. The van der Waals surface area contributed by atoms with E-state index in [1.54, 1.807) is 0 Å². The number of fused-ring (bicyclic) bond motifs is 1. The standard InChI is InChI=1S/C15H28N4O/c1-12(18-10-6-16-7-11-18)15(20)17-13-5-9-19-8-3-2-4-14(13)19/h12-14,16H,2-11H2,1H3,(H,17,20). The van der Waals surface area contributed by atoms with Crippen molar-refractivity contribution in [3.05, 3.63) is 0 Å². The van der Waals surface area contributed by atoms with Gasteiger partial charge in [0.15, 0.2) is 0 Å². The highest BCUT2D eigenvalue weighted by Gasteiger charge is 2.37. The van der Waals surface area contributed by atoms with Crippen molar-refractivity contribution in [2.24, 2.45) is 0 Å². The summed E-state index contributed by atoms with van der Waals surface area (Å²) in [7, 11) is 0. The third-order valence-electron chi connectivity index (χ3n) is 5.26. The zero-order valence-corrected chi connectivity index (χ0v) is 12.6. The zero-order valence-electron chi connectivity index (χ0n) is 12.6. The molecule has 3 atom stereocenters. The third kappa shape index (κ3) is 3.00. The Morgan fingerprint density at radius 3 is 2.75 bits per heavy atom. The number of nitrogens with one attached hydrogen (secondary N) is 2. The Labute approximate surface area is 122 Å². The van der Waals surface area contributed by atoms with Crippen LogP contribution in [-0.2, 0) is 4.79 Å². The van der Waals surface area contributed by atoms with Gasteiger partial charge in [-0.1, -0.05) is 6.42 Å². The van der Waals surface area contributed by atoms with Crippen LogP contribution in [0.3, 0.4) is 0 Å². The highest BCUT2D eigenvalue weighted by Crippen LogP contribution is 2.27. The van der Waals surface area contributed by atoms with Crippen LogP contribution >= 0.6 is 0 Å². The number of carbonyl (C=O) groups excluding carboxylic acids is 1. The lowest BCUT2D eigenvalue weighted by Crippen LogP contribution is -2.55. The van der Waals surface area contributed by atoms with Crippen molar-refractivity contribution in [2.75, 3.05) is 39.3 Å². The van der Waals surface area contributed by atoms with Crippen LogP contribution in [0.4, 0.5) is 0 Å². The predicted octanol–water partition coefficient (Wildman–Crippen LogP) is 0.0231. The summed E-state index contributed by atoms with van der Waals surface area (Å²) in [4.78, 5) is 17.3. The molecule has 3 heterocycles. The highest BCUT2D eigenvalue weighted by atomic mass is 16.2. The number of piperazine rings is 1. The SMILES string of the molecule is CC(C(=O)NC1CCN2CCCCC12)N1CCNCC1. The summed E-state index contributed by atoms with van der Waals surface area (Å²) >= 11 is 0. The van der Waals surface area contributed by atoms with Gasteiger partial charge in [0.2, 0.25) is 5.91 Å². The lowest BCUT2D eigenvalue weighted by atomic mass is 9.99. The van der Waals surface area contributed by atoms with Crippen LogP contribution in [0.15, 0.2) is 0 Å². The summed E-state index contributed by atoms with van der Waals surface area (Å²) in [5.74, 6) is 0.226. The maximum Gasteiger partial charge on any atom is 0.237 e. The molecule has 114 valence electrons. The Morgan fingerprint density at radius 1 is 1.15 bits per heavy atom. The minimum absolute atomic E-state index is 0.00902. The van der Waals surface area contributed by atoms with Gasteiger partial charge in [-0.25, -0.2) is 0 Å². The van der Waals surface area contributed by atoms with Gasteiger partial charge in [-0.3, -0.25) is 14.6 Å². The Morgan fingerprint density at radius 2 is 1.95 bits per heavy atom. The molecule has 3 saturated heterocycles. The van der Waals surface area contributed by atoms with E-state index < -0.39 is 0 Å². The van der Waals surface area contributed by atoms with Gasteiger partial charge in [0, 0.05) is 44.8 Å². The number of nitrogens with zero attached hydrogens (tertiary/aromatic N) is 2. The predicted molar refractivity (Wildman–Crippen MR) is 79.7 cm³/mol. The average molecular weight is 280 g/mol. The van der Waals surface area contributed by atoms with Crippen molar-refractivity contribution in [2.45, 2.75) is 50.7 Å². The molecule has 0 spiro atoms. The molecule has 0 aromatic carbocycles. The summed E-state index contributed by atoms with van der Waals surface area (Å²) < 4.78 is 0. The van der Waals surface area contributed by atoms with Gasteiger partial charge in [-0.15, -0.1) is 0 Å². The molecule has 3 aliphatic heterocycles. The number of hydrogen-bond acceptors (Lipinski definition) is 4. The minimum Gasteiger partial charge on any atom is -0.350 e. The van der Waals surface area contributed by atoms with Crippen LogP contribution in [0.25, 0.3) is 0 Å². The summed E-state index contributed by atoms with van der Waals surface area (Å²) in [6.45, 7) is 8.40. The zero-order chi connectivity index (χ0) is 13.9. The number of hydrogen-bond donors (Lipinski definition) is 2. The van der Waals surface area contributed by atoms with Crippen LogP contribution < -0.4 is 10.6 Å². The van der Waals surface area contributed by atoms with E-state index in [4.69, 9.17) is 0 Å². The fourth-order valence-electron chi connectivity index (χ4n) is 3.95. The van der Waals surface area contributed by atoms with Gasteiger partial charge in [-0.2, -0.15) is 0 Å². The second-order valence-electron chi connectivity index (χ2n) is 6.46. The molecular weight excluding hydrogens is 252 g/mol. The summed E-state index contributed by atoms with van der Waals surface area (Å²) in [6.07, 6.45) is 5.03. The van der Waals surface area contributed by atoms with Crippen LogP contribution in [0.1, 0.15) is 32.6 Å². The van der Waals surface area contributed by atoms with Gasteiger partial charge in [-0.05, 0) is 32.7 Å². The van der Waals surface area contributed by atoms with E-state index in [1.807, 2.05) is 6.92 Å². The quantitative estimate of drug-likeness (QED) is 0.765. The molecule has 0 aliphatic carbocycles. The summed E-state index contributed by atoms with van der Waals surface area (Å²) in [5, 5.41) is 6.67. The Hall–Kier alpha value is -0.650. The van der Waals surface area contributed by atoms with Crippen LogP contribution in [0, 0.1) is 0 Å². The fourth-order valence-corrected chi connectivity index (χ4v) is 3.95. The van der Waals surface area contributed by atoms with Gasteiger partial charge >= 0.3 is 0 Å². The Balaban J connectivity index is 1.52. The van der Waals surface area contributed by atoms with Gasteiger partial charge < -0.3 is 10.6 Å². The van der Waals surface area contributed by atoms with Crippen LogP contribution in [0.5, 0.6) is 0 Å². The van der Waals surface area contributed by atoms with Crippen molar-refractivity contribution in [1.29, 1.82) is 0 Å².